The number of benzene rings is 1. The summed E-state index contributed by atoms with van der Waals surface area (Å²) in [6.45, 7) is 7.41. The highest BCUT2D eigenvalue weighted by atomic mass is 16.5. The van der Waals surface area contributed by atoms with Crippen LogP contribution < -0.4 is 4.74 Å². The number of carbonyl (C=O) groups excluding carboxylic acids is 1. The molecule has 0 aromatic heterocycles. The molecule has 0 aliphatic carbocycles. The summed E-state index contributed by atoms with van der Waals surface area (Å²) >= 11 is 0. The summed E-state index contributed by atoms with van der Waals surface area (Å²) in [7, 11) is 0. The van der Waals surface area contributed by atoms with Crippen LogP contribution in [0.25, 0.3) is 0 Å². The van der Waals surface area contributed by atoms with Gasteiger partial charge in [-0.25, -0.2) is 0 Å². The average Bonchev–Trinajstić information content (AvgIpc) is 2.26. The zero-order chi connectivity index (χ0) is 14.4. The van der Waals surface area contributed by atoms with E-state index in [-0.39, 0.29) is 28.8 Å². The van der Waals surface area contributed by atoms with Crippen molar-refractivity contribution in [2.24, 2.45) is 5.92 Å². The molecule has 4 heteroatoms. The molecule has 0 saturated carbocycles. The molecule has 1 aliphatic heterocycles. The van der Waals surface area contributed by atoms with Crippen LogP contribution in [0.3, 0.4) is 0 Å². The molecule has 1 aromatic rings. The van der Waals surface area contributed by atoms with E-state index in [1.807, 2.05) is 13.8 Å². The first-order chi connectivity index (χ1) is 8.73. The Morgan fingerprint density at radius 2 is 1.95 bits per heavy atom. The lowest BCUT2D eigenvalue weighted by Crippen LogP contribution is -2.33. The minimum Gasteiger partial charge on any atom is -0.507 e. The number of fused-ring (bicyclic) bond motifs is 1. The minimum absolute atomic E-state index is 0.0108. The number of ether oxygens (including phenoxy) is 1. The second kappa shape index (κ2) is 4.44. The quantitative estimate of drug-likeness (QED) is 0.806. The summed E-state index contributed by atoms with van der Waals surface area (Å²) in [6.07, 6.45) is 1.39. The third-order valence-electron chi connectivity index (χ3n) is 3.47. The number of ketones is 1. The van der Waals surface area contributed by atoms with Crippen LogP contribution in [0.15, 0.2) is 6.07 Å². The van der Waals surface area contributed by atoms with Crippen LogP contribution in [0, 0.1) is 5.92 Å². The number of phenols is 2. The second-order valence-corrected chi connectivity index (χ2v) is 5.98. The molecule has 0 radical (unpaired) electrons. The van der Waals surface area contributed by atoms with Crippen LogP contribution in [-0.2, 0) is 6.42 Å². The standard InChI is InChI=1S/C15H20O4/c1-8(2)13(18)12-11(17)7-10(16)9-5-6-15(3,4)19-14(9)12/h7-8,16-17H,5-6H2,1-4H3. The molecular weight excluding hydrogens is 244 g/mol. The number of hydrogen-bond donors (Lipinski definition) is 2. The normalized spacial score (nSPS) is 16.9. The Kier molecular flexibility index (Phi) is 3.20. The first-order valence-electron chi connectivity index (χ1n) is 6.54. The summed E-state index contributed by atoms with van der Waals surface area (Å²) in [5.74, 6) is -0.303. The van der Waals surface area contributed by atoms with Crippen molar-refractivity contribution in [2.45, 2.75) is 46.1 Å². The molecule has 0 atom stereocenters. The monoisotopic (exact) mass is 264 g/mol. The van der Waals surface area contributed by atoms with Crippen molar-refractivity contribution in [3.63, 3.8) is 0 Å². The van der Waals surface area contributed by atoms with Gasteiger partial charge in [0.1, 0.15) is 28.4 Å². The Bertz CT molecular complexity index is 529. The largest absolute Gasteiger partial charge is 0.507 e. The fraction of sp³-hybridized carbons (Fsp3) is 0.533. The maximum Gasteiger partial charge on any atom is 0.172 e. The van der Waals surface area contributed by atoms with Crippen LogP contribution >= 0.6 is 0 Å². The number of phenolic OH excluding ortho intramolecular Hbond substituents is 2. The van der Waals surface area contributed by atoms with E-state index in [4.69, 9.17) is 4.74 Å². The topological polar surface area (TPSA) is 66.8 Å². The van der Waals surface area contributed by atoms with Crippen molar-refractivity contribution in [3.05, 3.63) is 17.2 Å². The predicted molar refractivity (Wildman–Crippen MR) is 72.0 cm³/mol. The maximum absolute atomic E-state index is 12.2. The Labute approximate surface area is 113 Å². The van der Waals surface area contributed by atoms with Gasteiger partial charge in [0.05, 0.1) is 0 Å². The Morgan fingerprint density at radius 1 is 1.32 bits per heavy atom. The summed E-state index contributed by atoms with van der Waals surface area (Å²) in [6, 6.07) is 1.23. The molecule has 1 aliphatic rings. The highest BCUT2D eigenvalue weighted by molar-refractivity contribution is 6.03. The van der Waals surface area contributed by atoms with Gasteiger partial charge in [-0.3, -0.25) is 4.79 Å². The Hall–Kier alpha value is -1.71. The SMILES string of the molecule is CC(C)C(=O)c1c(O)cc(O)c2c1OC(C)(C)CC2. The molecule has 1 heterocycles. The van der Waals surface area contributed by atoms with E-state index in [1.54, 1.807) is 13.8 Å². The van der Waals surface area contributed by atoms with Crippen molar-refractivity contribution in [3.8, 4) is 17.2 Å². The van der Waals surface area contributed by atoms with Crippen LogP contribution in [0.2, 0.25) is 0 Å². The van der Waals surface area contributed by atoms with E-state index in [9.17, 15) is 15.0 Å². The summed E-state index contributed by atoms with van der Waals surface area (Å²) in [5, 5.41) is 19.9. The fourth-order valence-electron chi connectivity index (χ4n) is 2.31. The zero-order valence-corrected chi connectivity index (χ0v) is 11.8. The van der Waals surface area contributed by atoms with Crippen molar-refractivity contribution >= 4 is 5.78 Å². The number of rotatable bonds is 2. The number of carbonyl (C=O) groups is 1. The molecule has 4 nitrogen and oxygen atoms in total. The highest BCUT2D eigenvalue weighted by Gasteiger charge is 2.34. The highest BCUT2D eigenvalue weighted by Crippen LogP contribution is 2.45. The maximum atomic E-state index is 12.2. The van der Waals surface area contributed by atoms with Gasteiger partial charge in [0.25, 0.3) is 0 Å². The summed E-state index contributed by atoms with van der Waals surface area (Å²) in [4.78, 5) is 12.2. The van der Waals surface area contributed by atoms with Gasteiger partial charge in [0.2, 0.25) is 0 Å². The van der Waals surface area contributed by atoms with Crippen LogP contribution in [0.4, 0.5) is 0 Å². The number of Topliss-reactive ketones (excluding diaryl/α,β-unsaturated/α-hetero) is 1. The van der Waals surface area contributed by atoms with Crippen LogP contribution in [0.5, 0.6) is 17.2 Å². The van der Waals surface area contributed by atoms with Crippen LogP contribution in [-0.4, -0.2) is 21.6 Å². The number of hydrogen-bond acceptors (Lipinski definition) is 4. The van der Waals surface area contributed by atoms with E-state index in [0.717, 1.165) is 6.42 Å². The molecule has 0 fully saturated rings. The Balaban J connectivity index is 2.64. The fourth-order valence-corrected chi connectivity index (χ4v) is 2.31. The first kappa shape index (κ1) is 13.7. The van der Waals surface area contributed by atoms with Gasteiger partial charge < -0.3 is 14.9 Å². The molecule has 0 saturated heterocycles. The van der Waals surface area contributed by atoms with E-state index < -0.39 is 5.60 Å². The lowest BCUT2D eigenvalue weighted by Gasteiger charge is -2.34. The smallest absolute Gasteiger partial charge is 0.172 e. The van der Waals surface area contributed by atoms with Gasteiger partial charge >= 0.3 is 0 Å². The van der Waals surface area contributed by atoms with Crippen molar-refractivity contribution in [1.29, 1.82) is 0 Å². The van der Waals surface area contributed by atoms with Crippen LogP contribution in [0.1, 0.15) is 50.0 Å². The molecule has 0 amide bonds. The van der Waals surface area contributed by atoms with E-state index in [2.05, 4.69) is 0 Å². The first-order valence-corrected chi connectivity index (χ1v) is 6.54. The minimum atomic E-state index is -0.404. The summed E-state index contributed by atoms with van der Waals surface area (Å²) in [5.41, 5.74) is 0.399. The van der Waals surface area contributed by atoms with Crippen molar-refractivity contribution < 1.29 is 19.7 Å². The third-order valence-corrected chi connectivity index (χ3v) is 3.47. The molecule has 0 spiro atoms. The number of aromatic hydroxyl groups is 2. The van der Waals surface area contributed by atoms with Crippen molar-refractivity contribution in [2.75, 3.05) is 0 Å². The lowest BCUT2D eigenvalue weighted by atomic mass is 9.89. The molecular formula is C15H20O4. The predicted octanol–water partition coefficient (Wildman–Crippen LogP) is 3.04. The van der Waals surface area contributed by atoms with Gasteiger partial charge in [-0.15, -0.1) is 0 Å². The van der Waals surface area contributed by atoms with Gasteiger partial charge in [0, 0.05) is 17.5 Å². The van der Waals surface area contributed by atoms with Gasteiger partial charge in [-0.2, -0.15) is 0 Å². The Morgan fingerprint density at radius 3 is 2.53 bits per heavy atom. The summed E-state index contributed by atoms with van der Waals surface area (Å²) < 4.78 is 5.84. The molecule has 0 unspecified atom stereocenters. The van der Waals surface area contributed by atoms with Gasteiger partial charge in [0.15, 0.2) is 5.78 Å². The van der Waals surface area contributed by atoms with Crippen molar-refractivity contribution in [1.82, 2.24) is 0 Å². The molecule has 1 aromatic carbocycles. The van der Waals surface area contributed by atoms with E-state index in [1.165, 1.54) is 6.07 Å². The molecule has 2 N–H and O–H groups in total. The molecule has 2 rings (SSSR count). The molecule has 0 bridgehead atoms. The lowest BCUT2D eigenvalue weighted by molar-refractivity contribution is 0.0777. The van der Waals surface area contributed by atoms with Gasteiger partial charge in [-0.05, 0) is 26.7 Å². The molecule has 19 heavy (non-hydrogen) atoms. The molecule has 104 valence electrons. The zero-order valence-electron chi connectivity index (χ0n) is 11.8. The average molecular weight is 264 g/mol. The van der Waals surface area contributed by atoms with E-state index >= 15 is 0 Å². The van der Waals surface area contributed by atoms with Gasteiger partial charge in [-0.1, -0.05) is 13.8 Å². The third kappa shape index (κ3) is 2.39. The second-order valence-electron chi connectivity index (χ2n) is 5.98. The van der Waals surface area contributed by atoms with E-state index in [0.29, 0.717) is 17.7 Å².